The van der Waals surface area contributed by atoms with E-state index in [4.69, 9.17) is 0 Å². The van der Waals surface area contributed by atoms with Crippen LogP contribution in [0.5, 0.6) is 0 Å². The third kappa shape index (κ3) is 4.05. The van der Waals surface area contributed by atoms with Gasteiger partial charge in [-0.3, -0.25) is 4.98 Å². The van der Waals surface area contributed by atoms with E-state index >= 15 is 0 Å². The van der Waals surface area contributed by atoms with E-state index in [1.165, 1.54) is 18.5 Å². The van der Waals surface area contributed by atoms with Crippen LogP contribution >= 0.6 is 0 Å². The first-order valence-corrected chi connectivity index (χ1v) is 8.81. The highest BCUT2D eigenvalue weighted by Gasteiger charge is 2.11. The predicted octanol–water partition coefficient (Wildman–Crippen LogP) is 3.22. The van der Waals surface area contributed by atoms with Crippen LogP contribution < -0.4 is 15.5 Å². The van der Waals surface area contributed by atoms with Crippen LogP contribution in [0, 0.1) is 0 Å². The van der Waals surface area contributed by atoms with Crippen molar-refractivity contribution in [1.82, 2.24) is 20.2 Å². The molecule has 0 bridgehead atoms. The van der Waals surface area contributed by atoms with E-state index in [2.05, 4.69) is 60.0 Å². The minimum absolute atomic E-state index is 0.479. The molecule has 0 amide bonds. The molecule has 2 N–H and O–H groups in total. The molecule has 0 saturated carbocycles. The molecule has 3 aromatic rings. The first-order valence-electron chi connectivity index (χ1n) is 8.81. The van der Waals surface area contributed by atoms with Gasteiger partial charge in [0.05, 0.1) is 6.20 Å². The van der Waals surface area contributed by atoms with Gasteiger partial charge in [-0.05, 0) is 48.7 Å². The highest BCUT2D eigenvalue weighted by molar-refractivity contribution is 5.61. The molecule has 1 saturated heterocycles. The molecule has 4 rings (SSSR count). The monoisotopic (exact) mass is 347 g/mol. The minimum atomic E-state index is 0.479. The van der Waals surface area contributed by atoms with Gasteiger partial charge in [-0.1, -0.05) is 6.07 Å². The molecule has 2 aromatic heterocycles. The van der Waals surface area contributed by atoms with Crippen molar-refractivity contribution in [2.24, 2.45) is 0 Å². The van der Waals surface area contributed by atoms with Crippen LogP contribution in [0.1, 0.15) is 18.4 Å². The minimum Gasteiger partial charge on any atom is -0.372 e. The highest BCUT2D eigenvalue weighted by atomic mass is 15.3. The predicted molar refractivity (Wildman–Crippen MR) is 103 cm³/mol. The number of hydrogen-bond acceptors (Lipinski definition) is 7. The molecule has 132 valence electrons. The lowest BCUT2D eigenvalue weighted by Crippen LogP contribution is -2.17. The van der Waals surface area contributed by atoms with E-state index in [1.807, 2.05) is 18.3 Å². The van der Waals surface area contributed by atoms with Crippen molar-refractivity contribution >= 4 is 23.1 Å². The fourth-order valence-electron chi connectivity index (χ4n) is 3.00. The molecule has 7 heteroatoms. The summed E-state index contributed by atoms with van der Waals surface area (Å²) in [7, 11) is 0. The normalized spacial score (nSPS) is 13.6. The van der Waals surface area contributed by atoms with Crippen LogP contribution in [-0.2, 0) is 6.54 Å². The Balaban J connectivity index is 1.38. The number of nitrogens with zero attached hydrogens (tertiary/aromatic N) is 5. The maximum absolute atomic E-state index is 4.46. The average molecular weight is 347 g/mol. The van der Waals surface area contributed by atoms with Crippen molar-refractivity contribution in [2.45, 2.75) is 19.4 Å². The van der Waals surface area contributed by atoms with Gasteiger partial charge in [0.15, 0.2) is 5.82 Å². The Bertz CT molecular complexity index is 830. The topological polar surface area (TPSA) is 78.9 Å². The van der Waals surface area contributed by atoms with E-state index < -0.39 is 0 Å². The summed E-state index contributed by atoms with van der Waals surface area (Å²) in [6.45, 7) is 2.90. The van der Waals surface area contributed by atoms with Crippen LogP contribution in [0.25, 0.3) is 0 Å². The van der Waals surface area contributed by atoms with Gasteiger partial charge in [-0.25, -0.2) is 0 Å². The van der Waals surface area contributed by atoms with E-state index in [-0.39, 0.29) is 0 Å². The Labute approximate surface area is 152 Å². The summed E-state index contributed by atoms with van der Waals surface area (Å²) in [6.07, 6.45) is 7.73. The summed E-state index contributed by atoms with van der Waals surface area (Å²) < 4.78 is 0. The molecule has 0 unspecified atom stereocenters. The van der Waals surface area contributed by atoms with Crippen LogP contribution in [0.2, 0.25) is 0 Å². The molecular weight excluding hydrogens is 326 g/mol. The summed E-state index contributed by atoms with van der Waals surface area (Å²) in [6, 6.07) is 12.3. The standard InChI is InChI=1S/C19H21N7/c1-2-11-26(10-1)17-7-5-16(6-8-17)23-18-14-22-25-19(24-18)21-13-15-4-3-9-20-12-15/h3-9,12,14H,1-2,10-11,13H2,(H2,21,23,24,25). The Morgan fingerprint density at radius 2 is 1.85 bits per heavy atom. The van der Waals surface area contributed by atoms with Crippen molar-refractivity contribution in [2.75, 3.05) is 28.6 Å². The summed E-state index contributed by atoms with van der Waals surface area (Å²) in [5, 5.41) is 14.5. The molecule has 1 aromatic carbocycles. The number of anilines is 4. The van der Waals surface area contributed by atoms with Gasteiger partial charge in [0.25, 0.3) is 0 Å². The van der Waals surface area contributed by atoms with Crippen molar-refractivity contribution in [3.8, 4) is 0 Å². The maximum Gasteiger partial charge on any atom is 0.244 e. The third-order valence-corrected chi connectivity index (χ3v) is 4.34. The second-order valence-electron chi connectivity index (χ2n) is 6.25. The van der Waals surface area contributed by atoms with Gasteiger partial charge in [0, 0.05) is 43.4 Å². The van der Waals surface area contributed by atoms with Gasteiger partial charge in [0.2, 0.25) is 5.95 Å². The van der Waals surface area contributed by atoms with Crippen LogP contribution in [0.3, 0.4) is 0 Å². The SMILES string of the molecule is c1cncc(CNc2nncc(Nc3ccc(N4CCCC4)cc3)n2)c1. The average Bonchev–Trinajstić information content (AvgIpc) is 3.23. The van der Waals surface area contributed by atoms with Crippen molar-refractivity contribution in [3.63, 3.8) is 0 Å². The summed E-state index contributed by atoms with van der Waals surface area (Å²) in [4.78, 5) is 11.0. The van der Waals surface area contributed by atoms with Gasteiger partial charge < -0.3 is 15.5 Å². The van der Waals surface area contributed by atoms with Gasteiger partial charge >= 0.3 is 0 Å². The Morgan fingerprint density at radius 1 is 1.00 bits per heavy atom. The summed E-state index contributed by atoms with van der Waals surface area (Å²) in [5.41, 5.74) is 3.31. The molecule has 0 atom stereocenters. The summed E-state index contributed by atoms with van der Waals surface area (Å²) in [5.74, 6) is 1.13. The van der Waals surface area contributed by atoms with Gasteiger partial charge in [0.1, 0.15) is 0 Å². The molecule has 26 heavy (non-hydrogen) atoms. The lowest BCUT2D eigenvalue weighted by Gasteiger charge is -2.17. The van der Waals surface area contributed by atoms with E-state index in [9.17, 15) is 0 Å². The smallest absolute Gasteiger partial charge is 0.244 e. The fraction of sp³-hybridized carbons (Fsp3) is 0.263. The second-order valence-corrected chi connectivity index (χ2v) is 6.25. The van der Waals surface area contributed by atoms with Crippen LogP contribution in [-0.4, -0.2) is 33.3 Å². The summed E-state index contributed by atoms with van der Waals surface area (Å²) >= 11 is 0. The second kappa shape index (κ2) is 7.77. The van der Waals surface area contributed by atoms with E-state index in [0.29, 0.717) is 18.3 Å². The largest absolute Gasteiger partial charge is 0.372 e. The molecule has 0 aliphatic carbocycles. The Hall–Kier alpha value is -3.22. The van der Waals surface area contributed by atoms with E-state index in [0.717, 1.165) is 24.3 Å². The van der Waals surface area contributed by atoms with Crippen molar-refractivity contribution < 1.29 is 0 Å². The quantitative estimate of drug-likeness (QED) is 0.709. The fourth-order valence-corrected chi connectivity index (χ4v) is 3.00. The number of aromatic nitrogens is 4. The molecule has 1 fully saturated rings. The first kappa shape index (κ1) is 16.3. The number of benzene rings is 1. The van der Waals surface area contributed by atoms with Crippen LogP contribution in [0.15, 0.2) is 55.0 Å². The first-order chi connectivity index (χ1) is 12.9. The van der Waals surface area contributed by atoms with Crippen molar-refractivity contribution in [1.29, 1.82) is 0 Å². The van der Waals surface area contributed by atoms with Crippen molar-refractivity contribution in [3.05, 3.63) is 60.6 Å². The third-order valence-electron chi connectivity index (χ3n) is 4.34. The number of hydrogen-bond donors (Lipinski definition) is 2. The maximum atomic E-state index is 4.46. The molecule has 7 nitrogen and oxygen atoms in total. The molecule has 1 aliphatic heterocycles. The zero-order valence-electron chi connectivity index (χ0n) is 14.5. The molecule has 0 spiro atoms. The Morgan fingerprint density at radius 3 is 2.62 bits per heavy atom. The lowest BCUT2D eigenvalue weighted by molar-refractivity contribution is 0.946. The molecular formula is C19H21N7. The zero-order chi connectivity index (χ0) is 17.6. The van der Waals surface area contributed by atoms with Gasteiger partial charge in [-0.15, -0.1) is 5.10 Å². The van der Waals surface area contributed by atoms with Gasteiger partial charge in [-0.2, -0.15) is 10.1 Å². The molecule has 0 radical (unpaired) electrons. The molecule has 1 aliphatic rings. The molecule has 3 heterocycles. The number of rotatable bonds is 6. The lowest BCUT2D eigenvalue weighted by atomic mass is 10.2. The van der Waals surface area contributed by atoms with Crippen LogP contribution in [0.4, 0.5) is 23.1 Å². The zero-order valence-corrected chi connectivity index (χ0v) is 14.5. The number of nitrogens with one attached hydrogen (secondary N) is 2. The Kier molecular flexibility index (Phi) is 4.86. The highest BCUT2D eigenvalue weighted by Crippen LogP contribution is 2.23. The van der Waals surface area contributed by atoms with E-state index in [1.54, 1.807) is 12.4 Å². The number of pyridine rings is 1.